The lowest BCUT2D eigenvalue weighted by Gasteiger charge is -2.05. The van der Waals surface area contributed by atoms with Gasteiger partial charge in [0.25, 0.3) is 0 Å². The SMILES string of the molecule is CN(C)CCCN.c1nnn[nH]1. The van der Waals surface area contributed by atoms with Crippen LogP contribution in [0.3, 0.4) is 0 Å². The van der Waals surface area contributed by atoms with E-state index in [1.807, 2.05) is 0 Å². The van der Waals surface area contributed by atoms with Crippen LogP contribution in [0.4, 0.5) is 0 Å². The summed E-state index contributed by atoms with van der Waals surface area (Å²) in [7, 11) is 4.10. The Kier molecular flexibility index (Phi) is 7.41. The Bertz CT molecular complexity index is 132. The first-order chi connectivity index (χ1) is 5.77. The van der Waals surface area contributed by atoms with E-state index in [1.54, 1.807) is 0 Å². The van der Waals surface area contributed by atoms with Gasteiger partial charge in [0.05, 0.1) is 0 Å². The van der Waals surface area contributed by atoms with Crippen molar-refractivity contribution >= 4 is 0 Å². The van der Waals surface area contributed by atoms with Crippen molar-refractivity contribution in [2.24, 2.45) is 5.73 Å². The highest BCUT2D eigenvalue weighted by Gasteiger charge is 1.83. The van der Waals surface area contributed by atoms with Crippen LogP contribution < -0.4 is 5.73 Å². The van der Waals surface area contributed by atoms with E-state index in [0.29, 0.717) is 0 Å². The van der Waals surface area contributed by atoms with Gasteiger partial charge in [-0.2, -0.15) is 0 Å². The summed E-state index contributed by atoms with van der Waals surface area (Å²) in [5, 5.41) is 12.1. The van der Waals surface area contributed by atoms with Gasteiger partial charge in [0, 0.05) is 0 Å². The highest BCUT2D eigenvalue weighted by atomic mass is 15.5. The lowest BCUT2D eigenvalue weighted by molar-refractivity contribution is 0.403. The van der Waals surface area contributed by atoms with Crippen molar-refractivity contribution in [1.29, 1.82) is 0 Å². The molecule has 6 heteroatoms. The molecule has 70 valence electrons. The second kappa shape index (κ2) is 8.09. The summed E-state index contributed by atoms with van der Waals surface area (Å²) < 4.78 is 0. The van der Waals surface area contributed by atoms with Gasteiger partial charge in [-0.25, -0.2) is 5.10 Å². The van der Waals surface area contributed by atoms with Crippen LogP contribution in [-0.2, 0) is 0 Å². The zero-order valence-electron chi connectivity index (χ0n) is 7.56. The van der Waals surface area contributed by atoms with Crippen LogP contribution in [0, 0.1) is 0 Å². The molecule has 0 atom stereocenters. The number of nitrogens with two attached hydrogens (primary N) is 1. The molecule has 3 N–H and O–H groups in total. The molecule has 0 bridgehead atoms. The maximum absolute atomic E-state index is 5.25. The largest absolute Gasteiger partial charge is 0.330 e. The fraction of sp³-hybridized carbons (Fsp3) is 0.833. The predicted octanol–water partition coefficient (Wildman–Crippen LogP) is -0.903. The zero-order valence-corrected chi connectivity index (χ0v) is 7.56. The van der Waals surface area contributed by atoms with Gasteiger partial charge in [-0.3, -0.25) is 0 Å². The van der Waals surface area contributed by atoms with E-state index in [-0.39, 0.29) is 0 Å². The first-order valence-electron chi connectivity index (χ1n) is 3.79. The molecule has 0 spiro atoms. The molecular formula is C6H16N6. The Hall–Kier alpha value is -1.01. The Morgan fingerprint density at radius 2 is 2.25 bits per heavy atom. The molecule has 0 saturated heterocycles. The molecule has 1 aromatic rings. The molecule has 0 aliphatic carbocycles. The normalized spacial score (nSPS) is 9.33. The van der Waals surface area contributed by atoms with Crippen LogP contribution in [0.25, 0.3) is 0 Å². The average Bonchev–Trinajstić information content (AvgIpc) is 2.57. The maximum Gasteiger partial charge on any atom is 0.135 e. The number of aromatic nitrogens is 4. The lowest BCUT2D eigenvalue weighted by atomic mass is 10.4. The van der Waals surface area contributed by atoms with E-state index < -0.39 is 0 Å². The monoisotopic (exact) mass is 172 g/mol. The van der Waals surface area contributed by atoms with Crippen LogP contribution in [0.5, 0.6) is 0 Å². The summed E-state index contributed by atoms with van der Waals surface area (Å²) in [6, 6.07) is 0. The molecule has 0 amide bonds. The fourth-order valence-corrected chi connectivity index (χ4v) is 0.537. The summed E-state index contributed by atoms with van der Waals surface area (Å²) in [6.45, 7) is 1.91. The summed E-state index contributed by atoms with van der Waals surface area (Å²) in [6.07, 6.45) is 2.51. The third kappa shape index (κ3) is 8.99. The van der Waals surface area contributed by atoms with Gasteiger partial charge in [0.15, 0.2) is 0 Å². The second-order valence-corrected chi connectivity index (χ2v) is 2.51. The molecule has 1 aromatic heterocycles. The first-order valence-corrected chi connectivity index (χ1v) is 3.79. The van der Waals surface area contributed by atoms with E-state index in [0.717, 1.165) is 19.5 Å². The van der Waals surface area contributed by atoms with E-state index in [9.17, 15) is 0 Å². The molecule has 0 unspecified atom stereocenters. The Labute approximate surface area is 72.1 Å². The quantitative estimate of drug-likeness (QED) is 0.617. The van der Waals surface area contributed by atoms with Gasteiger partial charge >= 0.3 is 0 Å². The topological polar surface area (TPSA) is 83.7 Å². The van der Waals surface area contributed by atoms with Crippen molar-refractivity contribution in [3.63, 3.8) is 0 Å². The number of hydrogen-bond acceptors (Lipinski definition) is 5. The molecule has 6 nitrogen and oxygen atoms in total. The van der Waals surface area contributed by atoms with Gasteiger partial charge in [-0.05, 0) is 44.0 Å². The summed E-state index contributed by atoms with van der Waals surface area (Å²) in [5.74, 6) is 0. The third-order valence-electron chi connectivity index (χ3n) is 1.08. The van der Waals surface area contributed by atoms with E-state index in [1.165, 1.54) is 6.33 Å². The van der Waals surface area contributed by atoms with Crippen molar-refractivity contribution in [1.82, 2.24) is 25.5 Å². The summed E-state index contributed by atoms with van der Waals surface area (Å²) in [5.41, 5.74) is 5.25. The minimum absolute atomic E-state index is 0.804. The van der Waals surface area contributed by atoms with E-state index in [2.05, 4.69) is 39.6 Å². The van der Waals surface area contributed by atoms with Gasteiger partial charge in [-0.15, -0.1) is 5.10 Å². The molecule has 0 fully saturated rings. The molecule has 0 saturated carbocycles. The standard InChI is InChI=1S/C5H14N2.CH2N4/c1-7(2)5-3-4-6;1-2-4-5-3-1/h3-6H2,1-2H3;1H,(H,2,3,4,5). The molecule has 0 aliphatic heterocycles. The second-order valence-electron chi connectivity index (χ2n) is 2.51. The van der Waals surface area contributed by atoms with Crippen molar-refractivity contribution in [3.8, 4) is 0 Å². The minimum Gasteiger partial charge on any atom is -0.330 e. The molecule has 0 aromatic carbocycles. The smallest absolute Gasteiger partial charge is 0.135 e. The highest BCUT2D eigenvalue weighted by Crippen LogP contribution is 1.76. The minimum atomic E-state index is 0.804. The Balaban J connectivity index is 0.000000211. The van der Waals surface area contributed by atoms with Crippen LogP contribution in [0.15, 0.2) is 6.33 Å². The van der Waals surface area contributed by atoms with Crippen LogP contribution in [-0.4, -0.2) is 52.7 Å². The van der Waals surface area contributed by atoms with E-state index >= 15 is 0 Å². The highest BCUT2D eigenvalue weighted by molar-refractivity contribution is 4.42. The Morgan fingerprint density at radius 3 is 2.42 bits per heavy atom. The van der Waals surface area contributed by atoms with Gasteiger partial charge in [0.1, 0.15) is 6.33 Å². The average molecular weight is 172 g/mol. The number of hydrogen-bond donors (Lipinski definition) is 2. The van der Waals surface area contributed by atoms with Gasteiger partial charge in [-0.1, -0.05) is 0 Å². The molecule has 1 heterocycles. The molecule has 0 aliphatic rings. The fourth-order valence-electron chi connectivity index (χ4n) is 0.537. The number of rotatable bonds is 3. The van der Waals surface area contributed by atoms with Crippen molar-refractivity contribution in [2.75, 3.05) is 27.2 Å². The van der Waals surface area contributed by atoms with Crippen molar-refractivity contribution in [3.05, 3.63) is 6.33 Å². The Morgan fingerprint density at radius 1 is 1.50 bits per heavy atom. The lowest BCUT2D eigenvalue weighted by Crippen LogP contribution is -2.16. The van der Waals surface area contributed by atoms with Gasteiger partial charge < -0.3 is 10.6 Å². The molecular weight excluding hydrogens is 156 g/mol. The number of nitrogens with one attached hydrogen (secondary N) is 1. The molecule has 1 rings (SSSR count). The number of nitrogens with zero attached hydrogens (tertiary/aromatic N) is 4. The van der Waals surface area contributed by atoms with Crippen LogP contribution >= 0.6 is 0 Å². The molecule has 12 heavy (non-hydrogen) atoms. The first kappa shape index (κ1) is 11.0. The number of H-pyrrole nitrogens is 1. The third-order valence-corrected chi connectivity index (χ3v) is 1.08. The maximum atomic E-state index is 5.25. The molecule has 0 radical (unpaired) electrons. The summed E-state index contributed by atoms with van der Waals surface area (Å²) in [4.78, 5) is 2.13. The van der Waals surface area contributed by atoms with Crippen molar-refractivity contribution in [2.45, 2.75) is 6.42 Å². The zero-order chi connectivity index (χ0) is 9.23. The van der Waals surface area contributed by atoms with Crippen LogP contribution in [0.1, 0.15) is 6.42 Å². The van der Waals surface area contributed by atoms with E-state index in [4.69, 9.17) is 5.73 Å². The van der Waals surface area contributed by atoms with Crippen LogP contribution in [0.2, 0.25) is 0 Å². The summed E-state index contributed by atoms with van der Waals surface area (Å²) >= 11 is 0. The number of aromatic amines is 1. The van der Waals surface area contributed by atoms with Gasteiger partial charge in [0.2, 0.25) is 0 Å². The predicted molar refractivity (Wildman–Crippen MR) is 46.4 cm³/mol. The number of tetrazole rings is 1. The van der Waals surface area contributed by atoms with Crippen molar-refractivity contribution < 1.29 is 0 Å².